The van der Waals surface area contributed by atoms with Gasteiger partial charge in [-0.1, -0.05) is 94.4 Å². The number of carbonyl (C=O) groups is 1. The van der Waals surface area contributed by atoms with Crippen LogP contribution in [0.3, 0.4) is 0 Å². The predicted molar refractivity (Wildman–Crippen MR) is 301 cm³/mol. The van der Waals surface area contributed by atoms with Gasteiger partial charge in [-0.3, -0.25) is 27.7 Å². The highest BCUT2D eigenvalue weighted by Crippen LogP contribution is 2.59. The second kappa shape index (κ2) is 24.1. The van der Waals surface area contributed by atoms with Gasteiger partial charge in [0.2, 0.25) is 0 Å². The van der Waals surface area contributed by atoms with Crippen molar-refractivity contribution in [1.29, 1.82) is 5.26 Å². The first kappa shape index (κ1) is 61.7. The molecule has 29 heteroatoms. The van der Waals surface area contributed by atoms with Crippen LogP contribution in [0.25, 0.3) is 22.2 Å². The lowest BCUT2D eigenvalue weighted by molar-refractivity contribution is -0.0593. The molecular formula is C51H75FN9O14P2Si3+. The van der Waals surface area contributed by atoms with Gasteiger partial charge in [0, 0.05) is 35.9 Å². The minimum atomic E-state index is -4.99. The summed E-state index contributed by atoms with van der Waals surface area (Å²) in [6, 6.07) is 9.59. The fourth-order valence-corrected chi connectivity index (χ4v) is 25.3. The number of ether oxygens (including phenoxy) is 1. The quantitative estimate of drug-likeness (QED) is 0.0416. The third kappa shape index (κ3) is 12.0. The Balaban J connectivity index is 1.21. The van der Waals surface area contributed by atoms with Gasteiger partial charge < -0.3 is 36.6 Å². The molecule has 1 aliphatic carbocycles. The third-order valence-electron chi connectivity index (χ3n) is 16.0. The summed E-state index contributed by atoms with van der Waals surface area (Å²) in [4.78, 5) is 55.3. The van der Waals surface area contributed by atoms with E-state index in [1.807, 2.05) is 39.9 Å². The molecule has 4 aromatic heterocycles. The highest BCUT2D eigenvalue weighted by atomic mass is 31.2. The van der Waals surface area contributed by atoms with Crippen molar-refractivity contribution in [3.63, 3.8) is 0 Å². The van der Waals surface area contributed by atoms with Gasteiger partial charge in [0.05, 0.1) is 50.5 Å². The highest BCUT2D eigenvalue weighted by molar-refractivity contribution is 7.48. The molecular weight excluding hydrogens is 1130 g/mol. The van der Waals surface area contributed by atoms with Crippen molar-refractivity contribution < 1.29 is 63.4 Å². The van der Waals surface area contributed by atoms with E-state index in [2.05, 4.69) is 80.6 Å². The number of hydrogen-bond donors (Lipinski definition) is 2. The topological polar surface area (TPSA) is 274 Å². The van der Waals surface area contributed by atoms with Crippen molar-refractivity contribution in [2.45, 2.75) is 172 Å². The van der Waals surface area contributed by atoms with E-state index >= 15 is 8.96 Å². The first-order valence-electron chi connectivity index (χ1n) is 27.0. The van der Waals surface area contributed by atoms with Crippen molar-refractivity contribution in [3.8, 4) is 6.07 Å². The molecule has 2 N–H and O–H groups in total. The number of halogens is 1. The lowest BCUT2D eigenvalue weighted by atomic mass is 10.1. The number of fused-ring (bicyclic) bond motifs is 3. The number of phosphoric ester groups is 1. The summed E-state index contributed by atoms with van der Waals surface area (Å²) < 4.78 is 110. The van der Waals surface area contributed by atoms with E-state index in [1.165, 1.54) is 45.9 Å². The Bertz CT molecular complexity index is 3190. The average Bonchev–Trinajstić information content (AvgIpc) is 4.34. The number of anilines is 1. The summed E-state index contributed by atoms with van der Waals surface area (Å²) in [5, 5.41) is 11.9. The van der Waals surface area contributed by atoms with Crippen LogP contribution in [0.15, 0.2) is 60.3 Å². The fraction of sp³-hybridized carbons (Fsp3) is 0.627. The summed E-state index contributed by atoms with van der Waals surface area (Å²) >= 11 is 0. The molecule has 0 spiro atoms. The van der Waals surface area contributed by atoms with E-state index in [9.17, 15) is 24.3 Å². The number of nitrogens with zero attached hydrogens (tertiary/aromatic N) is 8. The van der Waals surface area contributed by atoms with Crippen molar-refractivity contribution in [2.24, 2.45) is 13.0 Å². The van der Waals surface area contributed by atoms with Gasteiger partial charge in [0.1, 0.15) is 30.0 Å². The molecule has 3 unspecified atom stereocenters. The molecule has 3 fully saturated rings. The Labute approximate surface area is 469 Å². The van der Waals surface area contributed by atoms with Gasteiger partial charge in [0.15, 0.2) is 49.1 Å². The van der Waals surface area contributed by atoms with Crippen LogP contribution < -0.4 is 10.9 Å². The molecule has 23 nitrogen and oxygen atoms in total. The summed E-state index contributed by atoms with van der Waals surface area (Å²) in [6.07, 6.45) is -2.36. The molecule has 2 saturated heterocycles. The van der Waals surface area contributed by atoms with Gasteiger partial charge in [-0.2, -0.15) is 5.26 Å². The van der Waals surface area contributed by atoms with E-state index in [4.69, 9.17) is 40.2 Å². The number of carbonyl (C=O) groups excluding carboxylic acids is 1. The van der Waals surface area contributed by atoms with Gasteiger partial charge in [-0.05, 0) is 58.9 Å². The number of nitriles is 1. The summed E-state index contributed by atoms with van der Waals surface area (Å²) in [6.45, 7) is 25.6. The lowest BCUT2D eigenvalue weighted by Gasteiger charge is -2.52. The number of rotatable bonds is 20. The summed E-state index contributed by atoms with van der Waals surface area (Å²) in [5.41, 5.74) is -0.139. The molecule has 1 aromatic carbocycles. The Kier molecular flexibility index (Phi) is 18.6. The number of imidazole rings is 1. The molecule has 8 rings (SSSR count). The molecule has 0 radical (unpaired) electrons. The van der Waals surface area contributed by atoms with Gasteiger partial charge >= 0.3 is 33.2 Å². The maximum atomic E-state index is 16.2. The summed E-state index contributed by atoms with van der Waals surface area (Å²) in [5.74, 6) is -1.67. The molecule has 80 heavy (non-hydrogen) atoms. The summed E-state index contributed by atoms with van der Waals surface area (Å²) in [7, 11) is -16.3. The number of benzene rings is 1. The SMILES string of the molecule is CC(C)[Si]1(C(C)C)OC[C@H]2C[C@@H](n3cc(F)c4c(=O)n(C)cnc43)[C@H](OP(=O)(OCCC#N)OCC3O[C@@H](n4cnc5c(NC(=O)c6ccccc6)ncnc54)[C@H](O[Si](C)(C)C(C)(C)C)[C@@H]3O[P+](=O)O)[C@@H]2O[Si](C(C)C)(C(C)C)O1. The number of aryl methyl sites for hydroxylation is 1. The van der Waals surface area contributed by atoms with Gasteiger partial charge in [-0.15, -0.1) is 9.42 Å². The normalized spacial score (nSPS) is 25.3. The van der Waals surface area contributed by atoms with Crippen molar-refractivity contribution >= 4 is 75.4 Å². The Hall–Kier alpha value is -4.34. The third-order valence-corrected chi connectivity index (χ3v) is 32.7. The Morgan fingerprint density at radius 2 is 1.64 bits per heavy atom. The van der Waals surface area contributed by atoms with Gasteiger partial charge in [0.25, 0.3) is 11.5 Å². The molecule has 6 heterocycles. The largest absolute Gasteiger partial charge is 0.695 e. The van der Waals surface area contributed by atoms with Crippen LogP contribution in [0.1, 0.15) is 112 Å². The minimum Gasteiger partial charge on any atom is -0.414 e. The highest BCUT2D eigenvalue weighted by Gasteiger charge is 2.63. The molecule has 0 bridgehead atoms. The van der Waals surface area contributed by atoms with E-state index in [0.29, 0.717) is 5.56 Å². The molecule has 5 aromatic rings. The first-order valence-corrected chi connectivity index (χ1v) is 36.4. The number of hydrogen-bond acceptors (Lipinski definition) is 18. The standard InChI is InChI=1S/C51H74FN9O14P2Si3/c1-30(2)79(31(3)4)69-25-35-23-37(60-24-36(52)39-46(60)57-28-59(12)49(39)63)42(41(35)74-80(75-79,32(5)6)33(7)8)72-77(66,67-22-18-21-53)68-26-38-43(71-76(64)65)44(73-78(13,14)51(9,10)11)50(70-38)61-29-56-40-45(54-27-55-47(40)61)58-48(62)34-19-16-15-17-20-34/h15-17,19-20,24,27-33,35,37-38,41-44,50H,18,22-23,25-26H2,1-14H3,(H-,54,55,58,62,64,65)/p+1/t35-,37-,38?,41-,42+,43-,44-,50-,77?/m1/s1. The Morgan fingerprint density at radius 1 is 0.963 bits per heavy atom. The predicted octanol–water partition coefficient (Wildman–Crippen LogP) is 10.2. The zero-order valence-corrected chi connectivity index (χ0v) is 52.6. The minimum absolute atomic E-state index is 0.00762. The molecule has 10 atom stereocenters. The smallest absolute Gasteiger partial charge is 0.414 e. The number of nitrogens with one attached hydrogen (secondary N) is 1. The van der Waals surface area contributed by atoms with E-state index in [1.54, 1.807) is 30.3 Å². The van der Waals surface area contributed by atoms with Crippen LogP contribution in [-0.2, 0) is 56.4 Å². The van der Waals surface area contributed by atoms with Gasteiger partial charge in [-0.25, -0.2) is 28.9 Å². The average molecular weight is 1200 g/mol. The molecule has 2 aliphatic heterocycles. The molecule has 436 valence electrons. The van der Waals surface area contributed by atoms with Crippen molar-refractivity contribution in [3.05, 3.63) is 77.2 Å². The van der Waals surface area contributed by atoms with E-state index in [-0.39, 0.29) is 69.6 Å². The molecule has 3 aliphatic rings. The Morgan fingerprint density at radius 3 is 2.26 bits per heavy atom. The van der Waals surface area contributed by atoms with Crippen molar-refractivity contribution in [2.75, 3.05) is 25.1 Å². The second-order valence-electron chi connectivity index (χ2n) is 23.5. The monoisotopic (exact) mass is 1200 g/mol. The van der Waals surface area contributed by atoms with Crippen LogP contribution in [0, 0.1) is 23.1 Å². The van der Waals surface area contributed by atoms with Crippen LogP contribution in [0.4, 0.5) is 10.2 Å². The molecule has 1 amide bonds. The first-order chi connectivity index (χ1) is 37.6. The van der Waals surface area contributed by atoms with E-state index < -0.39 is 126 Å². The van der Waals surface area contributed by atoms with Crippen LogP contribution in [0.5, 0.6) is 0 Å². The van der Waals surface area contributed by atoms with Crippen LogP contribution in [-0.4, -0.2) is 120 Å². The zero-order valence-electron chi connectivity index (χ0n) is 47.8. The maximum absolute atomic E-state index is 16.2. The number of phosphoric acid groups is 1. The van der Waals surface area contributed by atoms with E-state index in [0.717, 1.165) is 0 Å². The zero-order chi connectivity index (χ0) is 58.4. The van der Waals surface area contributed by atoms with Crippen LogP contribution in [0.2, 0.25) is 40.3 Å². The lowest BCUT2D eigenvalue weighted by Crippen LogP contribution is -2.65. The van der Waals surface area contributed by atoms with Crippen LogP contribution >= 0.6 is 16.1 Å². The second-order valence-corrected chi connectivity index (χ2v) is 39.4. The number of amides is 1. The van der Waals surface area contributed by atoms with Crippen molar-refractivity contribution in [1.82, 2.24) is 33.6 Å². The number of aromatic nitrogens is 7. The fourth-order valence-electron chi connectivity index (χ4n) is 10.8. The maximum Gasteiger partial charge on any atom is 0.695 e. The molecule has 1 saturated carbocycles.